The van der Waals surface area contributed by atoms with Crippen LogP contribution in [0.4, 0.5) is 0 Å². The number of thioether (sulfide) groups is 1. The maximum absolute atomic E-state index is 3.65. The summed E-state index contributed by atoms with van der Waals surface area (Å²) in [6.07, 6.45) is 2.69. The molecule has 0 spiro atoms. The van der Waals surface area contributed by atoms with Crippen molar-refractivity contribution in [2.24, 2.45) is 0 Å². The van der Waals surface area contributed by atoms with Crippen LogP contribution in [0.1, 0.15) is 19.8 Å². The van der Waals surface area contributed by atoms with Crippen molar-refractivity contribution in [3.05, 3.63) is 0 Å². The smallest absolute Gasteiger partial charge is 0.0285 e. The second kappa shape index (κ2) is 6.28. The van der Waals surface area contributed by atoms with E-state index in [-0.39, 0.29) is 0 Å². The Labute approximate surface area is 88.4 Å². The summed E-state index contributed by atoms with van der Waals surface area (Å²) >= 11 is 5.71. The topological polar surface area (TPSA) is 3.24 Å². The minimum atomic E-state index is 0.760. The summed E-state index contributed by atoms with van der Waals surface area (Å²) in [7, 11) is 0. The summed E-state index contributed by atoms with van der Waals surface area (Å²) in [5, 5.41) is 0. The number of hydrogen-bond donors (Lipinski definition) is 0. The van der Waals surface area contributed by atoms with Crippen LogP contribution in [-0.2, 0) is 0 Å². The molecular formula is C9H18BrNS. The minimum absolute atomic E-state index is 0.760. The highest BCUT2D eigenvalue weighted by atomic mass is 79.9. The van der Waals surface area contributed by atoms with Crippen molar-refractivity contribution in [2.45, 2.75) is 24.6 Å². The van der Waals surface area contributed by atoms with Crippen molar-refractivity contribution >= 4 is 27.7 Å². The van der Waals surface area contributed by atoms with E-state index in [0.29, 0.717) is 0 Å². The first-order valence-corrected chi connectivity index (χ1v) is 6.84. The van der Waals surface area contributed by atoms with Gasteiger partial charge in [0, 0.05) is 11.4 Å². The van der Waals surface area contributed by atoms with E-state index in [1.54, 1.807) is 0 Å². The van der Waals surface area contributed by atoms with Crippen molar-refractivity contribution in [3.8, 4) is 0 Å². The van der Waals surface area contributed by atoms with Crippen LogP contribution in [0.15, 0.2) is 0 Å². The molecule has 1 nitrogen and oxygen atoms in total. The molecule has 0 aliphatic carbocycles. The summed E-state index contributed by atoms with van der Waals surface area (Å²) in [6.45, 7) is 6.09. The highest BCUT2D eigenvalue weighted by Crippen LogP contribution is 2.16. The predicted molar refractivity (Wildman–Crippen MR) is 61.4 cm³/mol. The Bertz CT molecular complexity index is 121. The quantitative estimate of drug-likeness (QED) is 0.546. The van der Waals surface area contributed by atoms with Gasteiger partial charge in [-0.25, -0.2) is 0 Å². The van der Waals surface area contributed by atoms with Gasteiger partial charge in [0.15, 0.2) is 0 Å². The SMILES string of the molecule is CCSCCCN1CCC(Br)C1. The molecule has 1 heterocycles. The van der Waals surface area contributed by atoms with E-state index in [0.717, 1.165) is 4.83 Å². The molecule has 12 heavy (non-hydrogen) atoms. The third-order valence-corrected chi connectivity index (χ3v) is 3.92. The van der Waals surface area contributed by atoms with Crippen molar-refractivity contribution in [1.82, 2.24) is 4.90 Å². The van der Waals surface area contributed by atoms with Gasteiger partial charge in [0.2, 0.25) is 0 Å². The Balaban J connectivity index is 1.93. The maximum atomic E-state index is 3.65. The molecule has 0 aromatic carbocycles. The first-order valence-electron chi connectivity index (χ1n) is 4.77. The van der Waals surface area contributed by atoms with Crippen LogP contribution in [0.2, 0.25) is 0 Å². The van der Waals surface area contributed by atoms with Crippen LogP contribution in [0, 0.1) is 0 Å². The third-order valence-electron chi connectivity index (χ3n) is 2.18. The summed E-state index contributed by atoms with van der Waals surface area (Å²) in [6, 6.07) is 0. The van der Waals surface area contributed by atoms with Gasteiger partial charge < -0.3 is 4.90 Å². The largest absolute Gasteiger partial charge is 0.302 e. The molecule has 0 radical (unpaired) electrons. The molecule has 0 N–H and O–H groups in total. The molecule has 1 saturated heterocycles. The molecule has 1 aliphatic rings. The molecule has 0 bridgehead atoms. The lowest BCUT2D eigenvalue weighted by molar-refractivity contribution is 0.342. The second-order valence-corrected chi connectivity index (χ2v) is 5.93. The Hall–Kier alpha value is 0.790. The van der Waals surface area contributed by atoms with E-state index in [4.69, 9.17) is 0 Å². The number of alkyl halides is 1. The zero-order chi connectivity index (χ0) is 8.81. The van der Waals surface area contributed by atoms with Gasteiger partial charge in [-0.1, -0.05) is 22.9 Å². The van der Waals surface area contributed by atoms with Gasteiger partial charge in [0.25, 0.3) is 0 Å². The van der Waals surface area contributed by atoms with Crippen LogP contribution in [0.3, 0.4) is 0 Å². The van der Waals surface area contributed by atoms with Crippen LogP contribution in [0.5, 0.6) is 0 Å². The molecule has 1 aliphatic heterocycles. The molecule has 0 aromatic heterocycles. The molecule has 1 atom stereocenters. The van der Waals surface area contributed by atoms with E-state index in [1.165, 1.54) is 44.0 Å². The molecule has 1 rings (SSSR count). The fourth-order valence-electron chi connectivity index (χ4n) is 1.52. The monoisotopic (exact) mass is 251 g/mol. The summed E-state index contributed by atoms with van der Waals surface area (Å²) in [5.74, 6) is 2.60. The van der Waals surface area contributed by atoms with Crippen LogP contribution in [0.25, 0.3) is 0 Å². The predicted octanol–water partition coefficient (Wildman–Crippen LogP) is 2.60. The summed E-state index contributed by atoms with van der Waals surface area (Å²) in [5.41, 5.74) is 0. The van der Waals surface area contributed by atoms with Gasteiger partial charge in [-0.15, -0.1) is 0 Å². The van der Waals surface area contributed by atoms with Crippen molar-refractivity contribution in [1.29, 1.82) is 0 Å². The number of halogens is 1. The number of likely N-dealkylation sites (tertiary alicyclic amines) is 1. The van der Waals surface area contributed by atoms with Crippen LogP contribution >= 0.6 is 27.7 Å². The van der Waals surface area contributed by atoms with E-state index in [9.17, 15) is 0 Å². The second-order valence-electron chi connectivity index (χ2n) is 3.24. The molecule has 1 unspecified atom stereocenters. The average Bonchev–Trinajstić information content (AvgIpc) is 2.45. The highest BCUT2D eigenvalue weighted by Gasteiger charge is 2.18. The van der Waals surface area contributed by atoms with Gasteiger partial charge >= 0.3 is 0 Å². The van der Waals surface area contributed by atoms with Gasteiger partial charge in [-0.2, -0.15) is 11.8 Å². The lowest BCUT2D eigenvalue weighted by Crippen LogP contribution is -2.22. The van der Waals surface area contributed by atoms with Crippen LogP contribution in [-0.4, -0.2) is 40.9 Å². The molecule has 3 heteroatoms. The standard InChI is InChI=1S/C9H18BrNS/c1-2-12-7-3-5-11-6-4-9(10)8-11/h9H,2-8H2,1H3. The highest BCUT2D eigenvalue weighted by molar-refractivity contribution is 9.09. The average molecular weight is 252 g/mol. The van der Waals surface area contributed by atoms with Gasteiger partial charge in [0.1, 0.15) is 0 Å². The Morgan fingerprint density at radius 1 is 1.58 bits per heavy atom. The van der Waals surface area contributed by atoms with E-state index >= 15 is 0 Å². The van der Waals surface area contributed by atoms with Crippen molar-refractivity contribution in [3.63, 3.8) is 0 Å². The van der Waals surface area contributed by atoms with E-state index in [1.807, 2.05) is 0 Å². The first-order chi connectivity index (χ1) is 5.83. The van der Waals surface area contributed by atoms with Gasteiger partial charge in [-0.3, -0.25) is 0 Å². The minimum Gasteiger partial charge on any atom is -0.302 e. The molecule has 72 valence electrons. The molecule has 0 amide bonds. The normalized spacial score (nSPS) is 25.0. The Morgan fingerprint density at radius 3 is 3.00 bits per heavy atom. The number of rotatable bonds is 5. The summed E-state index contributed by atoms with van der Waals surface area (Å²) < 4.78 is 0. The van der Waals surface area contributed by atoms with Gasteiger partial charge in [-0.05, 0) is 37.4 Å². The maximum Gasteiger partial charge on any atom is 0.0285 e. The fourth-order valence-corrected chi connectivity index (χ4v) is 2.76. The van der Waals surface area contributed by atoms with Crippen molar-refractivity contribution < 1.29 is 0 Å². The van der Waals surface area contributed by atoms with Crippen LogP contribution < -0.4 is 0 Å². The van der Waals surface area contributed by atoms with Gasteiger partial charge in [0.05, 0.1) is 0 Å². The molecular weight excluding hydrogens is 234 g/mol. The first kappa shape index (κ1) is 10.9. The zero-order valence-electron chi connectivity index (χ0n) is 7.76. The Morgan fingerprint density at radius 2 is 2.42 bits per heavy atom. The summed E-state index contributed by atoms with van der Waals surface area (Å²) in [4.78, 5) is 3.33. The lowest BCUT2D eigenvalue weighted by Gasteiger charge is -2.13. The number of nitrogens with zero attached hydrogens (tertiary/aromatic N) is 1. The Kier molecular flexibility index (Phi) is 5.68. The van der Waals surface area contributed by atoms with E-state index < -0.39 is 0 Å². The number of hydrogen-bond acceptors (Lipinski definition) is 2. The fraction of sp³-hybridized carbons (Fsp3) is 1.00. The zero-order valence-corrected chi connectivity index (χ0v) is 10.2. The third kappa shape index (κ3) is 4.15. The molecule has 0 saturated carbocycles. The lowest BCUT2D eigenvalue weighted by atomic mass is 10.4. The van der Waals surface area contributed by atoms with E-state index in [2.05, 4.69) is 39.5 Å². The van der Waals surface area contributed by atoms with Crippen molar-refractivity contribution in [2.75, 3.05) is 31.1 Å². The molecule has 1 fully saturated rings. The molecule has 0 aromatic rings.